The molecule has 4 nitrogen and oxygen atoms in total. The largest absolute Gasteiger partial charge is 0.396 e. The van der Waals surface area contributed by atoms with Crippen molar-refractivity contribution in [2.75, 3.05) is 18.5 Å². The topological polar surface area (TPSA) is 58.0 Å². The number of aromatic nitrogens is 2. The molecule has 1 aromatic heterocycles. The number of nitrogens with one attached hydrogen (secondary N) is 1. The Kier molecular flexibility index (Phi) is 6.58. The lowest BCUT2D eigenvalue weighted by Gasteiger charge is -2.03. The second-order valence-electron chi connectivity index (χ2n) is 3.29. The quantitative estimate of drug-likeness (QED) is 0.596. The first-order valence-electron chi connectivity index (χ1n) is 5.15. The SMILES string of the molecule is OCCCCCCNc1ncc(I)cn1. The van der Waals surface area contributed by atoms with Gasteiger partial charge in [-0.1, -0.05) is 12.8 Å². The smallest absolute Gasteiger partial charge is 0.222 e. The van der Waals surface area contributed by atoms with Gasteiger partial charge in [0.15, 0.2) is 0 Å². The number of anilines is 1. The first-order chi connectivity index (χ1) is 7.33. The van der Waals surface area contributed by atoms with E-state index >= 15 is 0 Å². The van der Waals surface area contributed by atoms with Crippen molar-refractivity contribution in [1.29, 1.82) is 0 Å². The minimum absolute atomic E-state index is 0.299. The van der Waals surface area contributed by atoms with Gasteiger partial charge in [0.25, 0.3) is 0 Å². The molecular formula is C10H16IN3O. The van der Waals surface area contributed by atoms with Crippen LogP contribution in [0.25, 0.3) is 0 Å². The van der Waals surface area contributed by atoms with Crippen molar-refractivity contribution >= 4 is 28.5 Å². The van der Waals surface area contributed by atoms with Crippen LogP contribution in [0.15, 0.2) is 12.4 Å². The molecule has 1 heterocycles. The normalized spacial score (nSPS) is 10.3. The molecule has 5 heteroatoms. The van der Waals surface area contributed by atoms with Gasteiger partial charge in [0.2, 0.25) is 5.95 Å². The summed E-state index contributed by atoms with van der Waals surface area (Å²) in [5.74, 6) is 0.692. The standard InChI is InChI=1S/C10H16IN3O/c11-9-7-13-10(14-8-9)12-5-3-1-2-4-6-15/h7-8,15H,1-6H2,(H,12,13,14). The molecule has 2 N–H and O–H groups in total. The molecule has 0 unspecified atom stereocenters. The van der Waals surface area contributed by atoms with Gasteiger partial charge in [0.05, 0.1) is 0 Å². The van der Waals surface area contributed by atoms with Crippen LogP contribution in [0.4, 0.5) is 5.95 Å². The van der Waals surface area contributed by atoms with E-state index in [1.165, 1.54) is 0 Å². The van der Waals surface area contributed by atoms with Crippen molar-refractivity contribution in [2.45, 2.75) is 25.7 Å². The summed E-state index contributed by atoms with van der Waals surface area (Å²) in [6.45, 7) is 1.19. The highest BCUT2D eigenvalue weighted by atomic mass is 127. The Labute approximate surface area is 104 Å². The molecule has 0 saturated heterocycles. The highest BCUT2D eigenvalue weighted by molar-refractivity contribution is 14.1. The summed E-state index contributed by atoms with van der Waals surface area (Å²) in [4.78, 5) is 8.29. The third-order valence-electron chi connectivity index (χ3n) is 1.99. The summed E-state index contributed by atoms with van der Waals surface area (Å²) >= 11 is 2.18. The van der Waals surface area contributed by atoms with Gasteiger partial charge in [-0.25, -0.2) is 9.97 Å². The van der Waals surface area contributed by atoms with Crippen LogP contribution in [0.1, 0.15) is 25.7 Å². The van der Waals surface area contributed by atoms with E-state index in [0.717, 1.165) is 35.8 Å². The number of hydrogen-bond donors (Lipinski definition) is 2. The van der Waals surface area contributed by atoms with E-state index in [1.54, 1.807) is 12.4 Å². The van der Waals surface area contributed by atoms with E-state index in [1.807, 2.05) is 0 Å². The lowest BCUT2D eigenvalue weighted by Crippen LogP contribution is -2.05. The van der Waals surface area contributed by atoms with Crippen molar-refractivity contribution in [3.63, 3.8) is 0 Å². The average molecular weight is 321 g/mol. The number of halogens is 1. The molecule has 0 aromatic carbocycles. The van der Waals surface area contributed by atoms with Gasteiger partial charge in [0, 0.05) is 29.1 Å². The molecule has 0 radical (unpaired) electrons. The van der Waals surface area contributed by atoms with Crippen molar-refractivity contribution in [2.24, 2.45) is 0 Å². The number of aliphatic hydroxyl groups excluding tert-OH is 1. The fourth-order valence-corrected chi connectivity index (χ4v) is 1.47. The third kappa shape index (κ3) is 5.88. The minimum atomic E-state index is 0.299. The molecule has 1 rings (SSSR count). The molecule has 15 heavy (non-hydrogen) atoms. The van der Waals surface area contributed by atoms with Crippen molar-refractivity contribution < 1.29 is 5.11 Å². The van der Waals surface area contributed by atoms with E-state index < -0.39 is 0 Å². The third-order valence-corrected chi connectivity index (χ3v) is 2.55. The highest BCUT2D eigenvalue weighted by Gasteiger charge is 1.94. The predicted molar refractivity (Wildman–Crippen MR) is 68.8 cm³/mol. The number of unbranched alkanes of at least 4 members (excludes halogenated alkanes) is 3. The Balaban J connectivity index is 2.07. The zero-order valence-corrected chi connectivity index (χ0v) is 10.8. The van der Waals surface area contributed by atoms with Gasteiger partial charge in [-0.3, -0.25) is 0 Å². The molecule has 0 spiro atoms. The summed E-state index contributed by atoms with van der Waals surface area (Å²) in [5, 5.41) is 11.8. The molecule has 0 atom stereocenters. The summed E-state index contributed by atoms with van der Waals surface area (Å²) in [6.07, 6.45) is 7.81. The molecule has 0 saturated carbocycles. The Morgan fingerprint density at radius 2 is 1.80 bits per heavy atom. The van der Waals surface area contributed by atoms with Crippen LogP contribution in [0.5, 0.6) is 0 Å². The molecule has 0 amide bonds. The molecule has 0 bridgehead atoms. The van der Waals surface area contributed by atoms with Crippen LogP contribution in [0.3, 0.4) is 0 Å². The Hall–Kier alpha value is -0.430. The highest BCUT2D eigenvalue weighted by Crippen LogP contribution is 2.04. The minimum Gasteiger partial charge on any atom is -0.396 e. The van der Waals surface area contributed by atoms with Gasteiger partial charge in [-0.2, -0.15) is 0 Å². The van der Waals surface area contributed by atoms with E-state index in [2.05, 4.69) is 37.9 Å². The second-order valence-corrected chi connectivity index (χ2v) is 4.54. The molecule has 0 aliphatic heterocycles. The van der Waals surface area contributed by atoms with Gasteiger partial charge < -0.3 is 10.4 Å². The Morgan fingerprint density at radius 3 is 2.47 bits per heavy atom. The van der Waals surface area contributed by atoms with E-state index in [9.17, 15) is 0 Å². The maximum Gasteiger partial charge on any atom is 0.222 e. The maximum absolute atomic E-state index is 8.59. The van der Waals surface area contributed by atoms with Crippen LogP contribution in [0, 0.1) is 3.57 Å². The summed E-state index contributed by atoms with van der Waals surface area (Å²) in [7, 11) is 0. The fraction of sp³-hybridized carbons (Fsp3) is 0.600. The summed E-state index contributed by atoms with van der Waals surface area (Å²) in [6, 6.07) is 0. The monoisotopic (exact) mass is 321 g/mol. The van der Waals surface area contributed by atoms with Crippen LogP contribution in [-0.4, -0.2) is 28.2 Å². The lowest BCUT2D eigenvalue weighted by molar-refractivity contribution is 0.283. The van der Waals surface area contributed by atoms with Crippen LogP contribution in [0.2, 0.25) is 0 Å². The fourth-order valence-electron chi connectivity index (χ4n) is 1.19. The predicted octanol–water partition coefficient (Wildman–Crippen LogP) is 2.05. The van der Waals surface area contributed by atoms with Gasteiger partial charge in [-0.15, -0.1) is 0 Å². The van der Waals surface area contributed by atoms with E-state index in [4.69, 9.17) is 5.11 Å². The zero-order valence-electron chi connectivity index (χ0n) is 8.62. The molecular weight excluding hydrogens is 305 g/mol. The van der Waals surface area contributed by atoms with Crippen molar-refractivity contribution in [3.8, 4) is 0 Å². The zero-order chi connectivity index (χ0) is 10.9. The van der Waals surface area contributed by atoms with Crippen LogP contribution >= 0.6 is 22.6 Å². The summed E-state index contributed by atoms with van der Waals surface area (Å²) < 4.78 is 1.04. The number of hydrogen-bond acceptors (Lipinski definition) is 4. The van der Waals surface area contributed by atoms with Gasteiger partial charge >= 0.3 is 0 Å². The van der Waals surface area contributed by atoms with Crippen molar-refractivity contribution in [3.05, 3.63) is 16.0 Å². The number of rotatable bonds is 7. The van der Waals surface area contributed by atoms with Crippen molar-refractivity contribution in [1.82, 2.24) is 9.97 Å². The molecule has 1 aromatic rings. The second kappa shape index (κ2) is 7.81. The summed E-state index contributed by atoms with van der Waals surface area (Å²) in [5.41, 5.74) is 0. The van der Waals surface area contributed by atoms with Crippen LogP contribution < -0.4 is 5.32 Å². The van der Waals surface area contributed by atoms with Crippen LogP contribution in [-0.2, 0) is 0 Å². The maximum atomic E-state index is 8.59. The molecule has 0 fully saturated rings. The average Bonchev–Trinajstić information content (AvgIpc) is 2.26. The first-order valence-corrected chi connectivity index (χ1v) is 6.23. The first kappa shape index (κ1) is 12.6. The Morgan fingerprint density at radius 1 is 1.13 bits per heavy atom. The van der Waals surface area contributed by atoms with E-state index in [0.29, 0.717) is 12.6 Å². The Bertz CT molecular complexity index is 266. The van der Waals surface area contributed by atoms with E-state index in [-0.39, 0.29) is 0 Å². The lowest BCUT2D eigenvalue weighted by atomic mass is 10.2. The molecule has 0 aliphatic rings. The molecule has 84 valence electrons. The number of aliphatic hydroxyl groups is 1. The molecule has 0 aliphatic carbocycles. The number of nitrogens with zero attached hydrogens (tertiary/aromatic N) is 2. The van der Waals surface area contributed by atoms with Gasteiger partial charge in [-0.05, 0) is 35.4 Å². The van der Waals surface area contributed by atoms with Gasteiger partial charge in [0.1, 0.15) is 0 Å².